The first kappa shape index (κ1) is 18.0. The summed E-state index contributed by atoms with van der Waals surface area (Å²) in [4.78, 5) is 0.0581. The van der Waals surface area contributed by atoms with Gasteiger partial charge < -0.3 is 10.1 Å². The fourth-order valence-corrected chi connectivity index (χ4v) is 2.79. The number of sulfonamides is 1. The van der Waals surface area contributed by atoms with E-state index >= 15 is 0 Å². The molecular formula is C14H23FN2O3S. The predicted octanol–water partition coefficient (Wildman–Crippen LogP) is 1.64. The number of ether oxygens (including phenoxy) is 1. The first-order chi connectivity index (χ1) is 10.0. The molecule has 2 N–H and O–H groups in total. The maximum atomic E-state index is 13.5. The largest absolute Gasteiger partial charge is 0.380 e. The molecule has 0 bridgehead atoms. The Labute approximate surface area is 125 Å². The van der Waals surface area contributed by atoms with E-state index in [1.165, 1.54) is 18.2 Å². The van der Waals surface area contributed by atoms with Crippen molar-refractivity contribution in [2.75, 3.05) is 26.8 Å². The number of unbranched alkanes of at least 4 members (excludes halogenated alkanes) is 1. The van der Waals surface area contributed by atoms with Gasteiger partial charge in [0.15, 0.2) is 0 Å². The summed E-state index contributed by atoms with van der Waals surface area (Å²) in [5, 5.41) is 2.80. The molecule has 7 heteroatoms. The minimum atomic E-state index is -3.64. The fraction of sp³-hybridized carbons (Fsp3) is 0.571. The van der Waals surface area contributed by atoms with E-state index in [2.05, 4.69) is 17.0 Å². The Bertz CT molecular complexity index is 535. The second-order valence-electron chi connectivity index (χ2n) is 4.65. The van der Waals surface area contributed by atoms with Crippen molar-refractivity contribution in [1.82, 2.24) is 10.0 Å². The van der Waals surface area contributed by atoms with Gasteiger partial charge in [-0.15, -0.1) is 0 Å². The van der Waals surface area contributed by atoms with E-state index in [9.17, 15) is 12.8 Å². The molecule has 0 aliphatic heterocycles. The molecule has 0 aliphatic carbocycles. The number of halogens is 1. The Morgan fingerprint density at radius 1 is 1.29 bits per heavy atom. The zero-order valence-electron chi connectivity index (χ0n) is 12.5. The molecule has 0 aromatic heterocycles. The minimum absolute atomic E-state index is 0.0581. The summed E-state index contributed by atoms with van der Waals surface area (Å²) >= 11 is 0. The predicted molar refractivity (Wildman–Crippen MR) is 80.1 cm³/mol. The Kier molecular flexibility index (Phi) is 7.81. The highest BCUT2D eigenvalue weighted by molar-refractivity contribution is 7.89. The van der Waals surface area contributed by atoms with Gasteiger partial charge in [0.05, 0.1) is 11.5 Å². The normalized spacial score (nSPS) is 11.8. The molecular weight excluding hydrogens is 295 g/mol. The van der Waals surface area contributed by atoms with Gasteiger partial charge in [-0.05, 0) is 31.7 Å². The van der Waals surface area contributed by atoms with Crippen molar-refractivity contribution in [1.29, 1.82) is 0 Å². The summed E-state index contributed by atoms with van der Waals surface area (Å²) in [5.74, 6) is -0.425. The summed E-state index contributed by atoms with van der Waals surface area (Å²) < 4.78 is 45.4. The quantitative estimate of drug-likeness (QED) is 0.644. The SMILES string of the molecule is CCCCOCCNS(=O)(=O)c1ccc(F)c(CNC)c1. The standard InChI is InChI=1S/C14H23FN2O3S/c1-3-4-8-20-9-7-17-21(18,19)13-5-6-14(15)12(10-13)11-16-2/h5-6,10,16-17H,3-4,7-9,11H2,1-2H3. The van der Waals surface area contributed by atoms with Crippen molar-refractivity contribution in [2.45, 2.75) is 31.2 Å². The second-order valence-corrected chi connectivity index (χ2v) is 6.41. The van der Waals surface area contributed by atoms with E-state index < -0.39 is 15.8 Å². The van der Waals surface area contributed by atoms with Crippen molar-refractivity contribution >= 4 is 10.0 Å². The lowest BCUT2D eigenvalue weighted by atomic mass is 10.2. The first-order valence-corrected chi connectivity index (χ1v) is 8.50. The van der Waals surface area contributed by atoms with E-state index in [1.54, 1.807) is 7.05 Å². The second kappa shape index (κ2) is 9.09. The molecule has 0 aliphatic rings. The number of rotatable bonds is 10. The molecule has 0 heterocycles. The molecule has 120 valence electrons. The molecule has 1 aromatic rings. The van der Waals surface area contributed by atoms with Crippen LogP contribution in [0.15, 0.2) is 23.1 Å². The number of benzene rings is 1. The minimum Gasteiger partial charge on any atom is -0.380 e. The molecule has 1 aromatic carbocycles. The Morgan fingerprint density at radius 3 is 2.71 bits per heavy atom. The van der Waals surface area contributed by atoms with Crippen molar-refractivity contribution in [3.63, 3.8) is 0 Å². The van der Waals surface area contributed by atoms with Crippen molar-refractivity contribution in [3.05, 3.63) is 29.6 Å². The lowest BCUT2D eigenvalue weighted by molar-refractivity contribution is 0.136. The molecule has 0 radical (unpaired) electrons. The van der Waals surface area contributed by atoms with Gasteiger partial charge in [-0.25, -0.2) is 17.5 Å². The maximum Gasteiger partial charge on any atom is 0.240 e. The lowest BCUT2D eigenvalue weighted by Crippen LogP contribution is -2.27. The Balaban J connectivity index is 2.59. The summed E-state index contributed by atoms with van der Waals surface area (Å²) in [6, 6.07) is 3.76. The smallest absolute Gasteiger partial charge is 0.240 e. The third-order valence-corrected chi connectivity index (χ3v) is 4.33. The van der Waals surface area contributed by atoms with E-state index in [1.807, 2.05) is 0 Å². The van der Waals surface area contributed by atoms with Crippen LogP contribution in [0.3, 0.4) is 0 Å². The maximum absolute atomic E-state index is 13.5. The molecule has 0 amide bonds. The summed E-state index contributed by atoms with van der Waals surface area (Å²) in [6.07, 6.45) is 1.99. The highest BCUT2D eigenvalue weighted by atomic mass is 32.2. The van der Waals surface area contributed by atoms with Gasteiger partial charge in [0.2, 0.25) is 10.0 Å². The highest BCUT2D eigenvalue weighted by Gasteiger charge is 2.15. The van der Waals surface area contributed by atoms with Gasteiger partial charge >= 0.3 is 0 Å². The van der Waals surface area contributed by atoms with Crippen LogP contribution < -0.4 is 10.0 Å². The summed E-state index contributed by atoms with van der Waals surface area (Å²) in [5.41, 5.74) is 0.319. The fourth-order valence-electron chi connectivity index (χ4n) is 1.72. The van der Waals surface area contributed by atoms with Crippen molar-refractivity contribution in [3.8, 4) is 0 Å². The van der Waals surface area contributed by atoms with Gasteiger partial charge in [-0.2, -0.15) is 0 Å². The summed E-state index contributed by atoms with van der Waals surface area (Å²) in [7, 11) is -1.96. The van der Waals surface area contributed by atoms with Crippen LogP contribution in [-0.2, 0) is 21.3 Å². The average Bonchev–Trinajstić information content (AvgIpc) is 2.45. The van der Waals surface area contributed by atoms with Crippen LogP contribution in [0.25, 0.3) is 0 Å². The zero-order valence-corrected chi connectivity index (χ0v) is 13.3. The molecule has 0 spiro atoms. The third-order valence-electron chi connectivity index (χ3n) is 2.88. The number of hydrogen-bond acceptors (Lipinski definition) is 4. The van der Waals surface area contributed by atoms with Crippen LogP contribution in [0.5, 0.6) is 0 Å². The molecule has 0 saturated carbocycles. The topological polar surface area (TPSA) is 67.4 Å². The molecule has 5 nitrogen and oxygen atoms in total. The number of nitrogens with one attached hydrogen (secondary N) is 2. The molecule has 1 rings (SSSR count). The van der Waals surface area contributed by atoms with Crippen LogP contribution in [0, 0.1) is 5.82 Å². The van der Waals surface area contributed by atoms with E-state index in [4.69, 9.17) is 4.74 Å². The van der Waals surface area contributed by atoms with Crippen molar-refractivity contribution < 1.29 is 17.5 Å². The van der Waals surface area contributed by atoms with E-state index in [0.717, 1.165) is 12.8 Å². The van der Waals surface area contributed by atoms with Crippen LogP contribution >= 0.6 is 0 Å². The van der Waals surface area contributed by atoms with Crippen LogP contribution in [0.4, 0.5) is 4.39 Å². The van der Waals surface area contributed by atoms with Crippen molar-refractivity contribution in [2.24, 2.45) is 0 Å². The van der Waals surface area contributed by atoms with Gasteiger partial charge in [-0.3, -0.25) is 0 Å². The highest BCUT2D eigenvalue weighted by Crippen LogP contribution is 2.14. The lowest BCUT2D eigenvalue weighted by Gasteiger charge is -2.09. The monoisotopic (exact) mass is 318 g/mol. The van der Waals surface area contributed by atoms with Gasteiger partial charge in [0.25, 0.3) is 0 Å². The Morgan fingerprint density at radius 2 is 2.05 bits per heavy atom. The van der Waals surface area contributed by atoms with Gasteiger partial charge in [-0.1, -0.05) is 13.3 Å². The molecule has 0 atom stereocenters. The van der Waals surface area contributed by atoms with Crippen LogP contribution in [0.1, 0.15) is 25.3 Å². The molecule has 0 fully saturated rings. The van der Waals surface area contributed by atoms with E-state index in [-0.39, 0.29) is 18.0 Å². The molecule has 0 unspecified atom stereocenters. The summed E-state index contributed by atoms with van der Waals surface area (Å²) in [6.45, 7) is 3.48. The average molecular weight is 318 g/mol. The van der Waals surface area contributed by atoms with E-state index in [0.29, 0.717) is 18.8 Å². The molecule has 0 saturated heterocycles. The molecule has 21 heavy (non-hydrogen) atoms. The number of hydrogen-bond donors (Lipinski definition) is 2. The first-order valence-electron chi connectivity index (χ1n) is 7.01. The zero-order chi connectivity index (χ0) is 15.7. The van der Waals surface area contributed by atoms with Gasteiger partial charge in [0, 0.05) is 25.3 Å². The van der Waals surface area contributed by atoms with Crippen LogP contribution in [0.2, 0.25) is 0 Å². The van der Waals surface area contributed by atoms with Crippen LogP contribution in [-0.4, -0.2) is 35.2 Å². The van der Waals surface area contributed by atoms with Gasteiger partial charge in [0.1, 0.15) is 5.82 Å². The third kappa shape index (κ3) is 6.09. The Hall–Kier alpha value is -1.02.